The molecule has 1 amide bonds. The van der Waals surface area contributed by atoms with Crippen molar-refractivity contribution in [3.8, 4) is 0 Å². The molecule has 7 heteroatoms. The van der Waals surface area contributed by atoms with E-state index in [9.17, 15) is 13.6 Å². The maximum Gasteiger partial charge on any atom is 0.333 e. The Labute approximate surface area is 110 Å². The highest BCUT2D eigenvalue weighted by molar-refractivity contribution is 5.79. The van der Waals surface area contributed by atoms with Gasteiger partial charge in [-0.25, -0.2) is 4.68 Å². The molecule has 2 N–H and O–H groups in total. The maximum absolute atomic E-state index is 12.6. The lowest BCUT2D eigenvalue weighted by atomic mass is 10.1. The van der Waals surface area contributed by atoms with Crippen molar-refractivity contribution in [2.24, 2.45) is 0 Å². The minimum atomic E-state index is -2.70. The van der Waals surface area contributed by atoms with E-state index in [-0.39, 0.29) is 25.0 Å². The summed E-state index contributed by atoms with van der Waals surface area (Å²) in [5.41, 5.74) is 1.26. The highest BCUT2D eigenvalue weighted by Gasteiger charge is 2.19. The van der Waals surface area contributed by atoms with E-state index >= 15 is 0 Å². The number of alkyl halides is 2. The van der Waals surface area contributed by atoms with Gasteiger partial charge in [0.2, 0.25) is 5.91 Å². The zero-order chi connectivity index (χ0) is 14.6. The van der Waals surface area contributed by atoms with E-state index in [1.807, 2.05) is 0 Å². The first kappa shape index (κ1) is 15.6. The number of hydrogen-bond acceptors (Lipinski definition) is 3. The largest absolute Gasteiger partial charge is 0.396 e. The predicted octanol–water partition coefficient (Wildman–Crippen LogP) is 1.32. The van der Waals surface area contributed by atoms with Gasteiger partial charge in [-0.1, -0.05) is 0 Å². The number of nitrogens with zero attached hydrogens (tertiary/aromatic N) is 2. The first-order valence-electron chi connectivity index (χ1n) is 6.09. The lowest BCUT2D eigenvalue weighted by Crippen LogP contribution is -2.34. The van der Waals surface area contributed by atoms with Gasteiger partial charge < -0.3 is 10.4 Å². The molecule has 5 nitrogen and oxygen atoms in total. The van der Waals surface area contributed by atoms with E-state index in [0.29, 0.717) is 28.1 Å². The zero-order valence-corrected chi connectivity index (χ0v) is 11.3. The molecule has 0 bridgehead atoms. The Bertz CT molecular complexity index is 446. The minimum absolute atomic E-state index is 0.0111. The first-order chi connectivity index (χ1) is 8.86. The molecule has 1 rings (SSSR count). The monoisotopic (exact) mass is 275 g/mol. The molecular formula is C12H19F2N3O2. The zero-order valence-electron chi connectivity index (χ0n) is 11.3. The molecule has 1 unspecified atom stereocenters. The third-order valence-electron chi connectivity index (χ3n) is 2.97. The second kappa shape index (κ2) is 6.60. The van der Waals surface area contributed by atoms with Crippen molar-refractivity contribution in [3.63, 3.8) is 0 Å². The van der Waals surface area contributed by atoms with Crippen LogP contribution in [0.2, 0.25) is 0 Å². The third kappa shape index (κ3) is 3.99. The molecule has 19 heavy (non-hydrogen) atoms. The fourth-order valence-corrected chi connectivity index (χ4v) is 1.90. The van der Waals surface area contributed by atoms with Gasteiger partial charge in [-0.3, -0.25) is 4.79 Å². The van der Waals surface area contributed by atoms with Gasteiger partial charge in [0.25, 0.3) is 0 Å². The van der Waals surface area contributed by atoms with Crippen LogP contribution in [0.1, 0.15) is 36.8 Å². The van der Waals surface area contributed by atoms with Crippen molar-refractivity contribution in [1.29, 1.82) is 0 Å². The number of rotatable bonds is 6. The molecule has 0 radical (unpaired) electrons. The molecule has 108 valence electrons. The maximum atomic E-state index is 12.6. The molecule has 1 aromatic rings. The fraction of sp³-hybridized carbons (Fsp3) is 0.667. The van der Waals surface area contributed by atoms with Gasteiger partial charge in [-0.05, 0) is 27.2 Å². The summed E-state index contributed by atoms with van der Waals surface area (Å²) in [4.78, 5) is 11.8. The molecule has 0 aromatic carbocycles. The number of amides is 1. The standard InChI is InChI=1S/C12H19F2N3O2/c1-7(4-5-18)15-11(19)6-10-8(2)16-17(9(10)3)12(13)14/h7,12,18H,4-6H2,1-3H3,(H,15,19). The molecule has 0 aliphatic rings. The summed E-state index contributed by atoms with van der Waals surface area (Å²) in [7, 11) is 0. The van der Waals surface area contributed by atoms with Crippen molar-refractivity contribution in [2.75, 3.05) is 6.61 Å². The minimum Gasteiger partial charge on any atom is -0.396 e. The van der Waals surface area contributed by atoms with Crippen LogP contribution in [0.25, 0.3) is 0 Å². The molecular weight excluding hydrogens is 256 g/mol. The van der Waals surface area contributed by atoms with E-state index in [4.69, 9.17) is 5.11 Å². The van der Waals surface area contributed by atoms with Gasteiger partial charge in [0.15, 0.2) is 0 Å². The topological polar surface area (TPSA) is 67.2 Å². The van der Waals surface area contributed by atoms with Gasteiger partial charge in [0.05, 0.1) is 12.1 Å². The number of aliphatic hydroxyl groups is 1. The summed E-state index contributed by atoms with van der Waals surface area (Å²) in [6.07, 6.45) is 0.472. The van der Waals surface area contributed by atoms with Gasteiger partial charge in [0.1, 0.15) is 0 Å². The molecule has 0 spiro atoms. The summed E-state index contributed by atoms with van der Waals surface area (Å²) in [6.45, 7) is 2.18. The van der Waals surface area contributed by atoms with Crippen LogP contribution >= 0.6 is 0 Å². The van der Waals surface area contributed by atoms with Crippen LogP contribution in [0.15, 0.2) is 0 Å². The van der Waals surface area contributed by atoms with Crippen molar-refractivity contribution in [2.45, 2.75) is 46.2 Å². The number of aryl methyl sites for hydroxylation is 1. The fourth-order valence-electron chi connectivity index (χ4n) is 1.90. The van der Waals surface area contributed by atoms with Gasteiger partial charge in [-0.2, -0.15) is 13.9 Å². The Hall–Kier alpha value is -1.50. The summed E-state index contributed by atoms with van der Waals surface area (Å²) < 4.78 is 25.9. The van der Waals surface area contributed by atoms with Crippen LogP contribution < -0.4 is 5.32 Å². The van der Waals surface area contributed by atoms with Crippen LogP contribution in [0.5, 0.6) is 0 Å². The van der Waals surface area contributed by atoms with Gasteiger partial charge in [-0.15, -0.1) is 0 Å². The van der Waals surface area contributed by atoms with Gasteiger partial charge in [0, 0.05) is 23.9 Å². The number of carbonyl (C=O) groups is 1. The third-order valence-corrected chi connectivity index (χ3v) is 2.97. The van der Waals surface area contributed by atoms with Crippen molar-refractivity contribution < 1.29 is 18.7 Å². The quantitative estimate of drug-likeness (QED) is 0.823. The summed E-state index contributed by atoms with van der Waals surface area (Å²) in [5, 5.41) is 15.2. The van der Waals surface area contributed by atoms with E-state index in [0.717, 1.165) is 0 Å². The molecule has 0 aliphatic heterocycles. The van der Waals surface area contributed by atoms with Crippen LogP contribution in [-0.2, 0) is 11.2 Å². The van der Waals surface area contributed by atoms with Crippen LogP contribution in [0.4, 0.5) is 8.78 Å². The number of aromatic nitrogens is 2. The van der Waals surface area contributed by atoms with Crippen molar-refractivity contribution in [1.82, 2.24) is 15.1 Å². The molecule has 0 aliphatic carbocycles. The number of halogens is 2. The lowest BCUT2D eigenvalue weighted by Gasteiger charge is -2.12. The highest BCUT2D eigenvalue weighted by Crippen LogP contribution is 2.19. The number of hydrogen-bond donors (Lipinski definition) is 2. The summed E-state index contributed by atoms with van der Waals surface area (Å²) in [6, 6.07) is -0.150. The molecule has 1 heterocycles. The lowest BCUT2D eigenvalue weighted by molar-refractivity contribution is -0.121. The van der Waals surface area contributed by atoms with Crippen molar-refractivity contribution >= 4 is 5.91 Å². The van der Waals surface area contributed by atoms with E-state index in [2.05, 4.69) is 10.4 Å². The normalized spacial score (nSPS) is 12.8. The molecule has 1 atom stereocenters. The Morgan fingerprint density at radius 1 is 1.47 bits per heavy atom. The van der Waals surface area contributed by atoms with E-state index in [1.54, 1.807) is 13.8 Å². The highest BCUT2D eigenvalue weighted by atomic mass is 19.3. The molecule has 1 aromatic heterocycles. The van der Waals surface area contributed by atoms with Crippen LogP contribution in [0, 0.1) is 13.8 Å². The summed E-state index contributed by atoms with van der Waals surface area (Å²) >= 11 is 0. The average Bonchev–Trinajstić information content (AvgIpc) is 2.57. The molecule has 0 fully saturated rings. The van der Waals surface area contributed by atoms with Crippen molar-refractivity contribution in [3.05, 3.63) is 17.0 Å². The SMILES string of the molecule is Cc1nn(C(F)F)c(C)c1CC(=O)NC(C)CCO. The second-order valence-electron chi connectivity index (χ2n) is 4.53. The molecule has 0 saturated heterocycles. The Morgan fingerprint density at radius 3 is 2.58 bits per heavy atom. The Balaban J connectivity index is 2.74. The predicted molar refractivity (Wildman–Crippen MR) is 66.0 cm³/mol. The van der Waals surface area contributed by atoms with Crippen LogP contribution in [0.3, 0.4) is 0 Å². The van der Waals surface area contributed by atoms with Crippen LogP contribution in [-0.4, -0.2) is 33.4 Å². The van der Waals surface area contributed by atoms with E-state index in [1.165, 1.54) is 6.92 Å². The smallest absolute Gasteiger partial charge is 0.333 e. The Kier molecular flexibility index (Phi) is 5.41. The first-order valence-corrected chi connectivity index (χ1v) is 6.09. The van der Waals surface area contributed by atoms with Gasteiger partial charge >= 0.3 is 6.55 Å². The second-order valence-corrected chi connectivity index (χ2v) is 4.53. The van der Waals surface area contributed by atoms with E-state index < -0.39 is 6.55 Å². The average molecular weight is 275 g/mol. The molecule has 0 saturated carbocycles. The summed E-state index contributed by atoms with van der Waals surface area (Å²) in [5.74, 6) is -0.263. The number of aliphatic hydroxyl groups excluding tert-OH is 1. The number of carbonyl (C=O) groups excluding carboxylic acids is 1. The Morgan fingerprint density at radius 2 is 2.11 bits per heavy atom. The number of nitrogens with one attached hydrogen (secondary N) is 1.